The lowest BCUT2D eigenvalue weighted by Crippen LogP contribution is -2.32. The smallest absolute Gasteiger partial charge is 0.387 e. The van der Waals surface area contributed by atoms with E-state index in [2.05, 4.69) is 20.5 Å². The number of carbonyl (C=O) groups excluding carboxylic acids is 1. The number of hydrogen-bond donors (Lipinski definition) is 2. The number of halogens is 2. The van der Waals surface area contributed by atoms with E-state index in [0.717, 1.165) is 25.9 Å². The van der Waals surface area contributed by atoms with Crippen molar-refractivity contribution in [3.63, 3.8) is 0 Å². The summed E-state index contributed by atoms with van der Waals surface area (Å²) in [4.78, 5) is 12.2. The fourth-order valence-electron chi connectivity index (χ4n) is 2.83. The van der Waals surface area contributed by atoms with Crippen LogP contribution in [0.4, 0.5) is 8.78 Å². The Morgan fingerprint density at radius 2 is 2.32 bits per heavy atom. The third kappa shape index (κ3) is 4.76. The van der Waals surface area contributed by atoms with E-state index in [4.69, 9.17) is 0 Å². The van der Waals surface area contributed by atoms with Crippen LogP contribution in [-0.2, 0) is 6.54 Å². The first-order chi connectivity index (χ1) is 12.1. The summed E-state index contributed by atoms with van der Waals surface area (Å²) in [6, 6.07) is 8.18. The highest BCUT2D eigenvalue weighted by Crippen LogP contribution is 2.17. The van der Waals surface area contributed by atoms with Crippen molar-refractivity contribution in [1.82, 2.24) is 20.4 Å². The molecule has 8 heteroatoms. The minimum absolute atomic E-state index is 0.0656. The van der Waals surface area contributed by atoms with Crippen molar-refractivity contribution in [2.75, 3.05) is 13.1 Å². The van der Waals surface area contributed by atoms with Gasteiger partial charge in [-0.15, -0.1) is 0 Å². The monoisotopic (exact) mass is 350 g/mol. The molecule has 2 aromatic rings. The van der Waals surface area contributed by atoms with E-state index in [0.29, 0.717) is 11.3 Å². The maximum absolute atomic E-state index is 12.2. The van der Waals surface area contributed by atoms with Gasteiger partial charge in [-0.1, -0.05) is 12.1 Å². The lowest BCUT2D eigenvalue weighted by molar-refractivity contribution is -0.0498. The van der Waals surface area contributed by atoms with Gasteiger partial charge in [0.25, 0.3) is 5.91 Å². The molecule has 0 aliphatic carbocycles. The molecule has 3 rings (SSSR count). The van der Waals surface area contributed by atoms with Crippen LogP contribution in [0.3, 0.4) is 0 Å². The second-order valence-electron chi connectivity index (χ2n) is 5.89. The Hall–Kier alpha value is -2.48. The van der Waals surface area contributed by atoms with Crippen LogP contribution in [0.2, 0.25) is 0 Å². The first kappa shape index (κ1) is 17.3. The molecule has 1 amide bonds. The molecule has 1 aliphatic heterocycles. The molecule has 0 radical (unpaired) electrons. The van der Waals surface area contributed by atoms with Gasteiger partial charge in [0.2, 0.25) is 0 Å². The Balaban J connectivity index is 1.56. The predicted molar refractivity (Wildman–Crippen MR) is 87.6 cm³/mol. The summed E-state index contributed by atoms with van der Waals surface area (Å²) in [6.45, 7) is -0.806. The first-order valence-electron chi connectivity index (χ1n) is 8.19. The maximum Gasteiger partial charge on any atom is 0.387 e. The number of carbonyl (C=O) groups is 1. The SMILES string of the molecule is O=C(NCc1cccc(OC(F)F)c1)c1ccn(C2CCCNC2)n1. The summed E-state index contributed by atoms with van der Waals surface area (Å²) in [5.74, 6) is -0.237. The quantitative estimate of drug-likeness (QED) is 0.839. The largest absolute Gasteiger partial charge is 0.435 e. The molecular formula is C17H20F2N4O2. The molecule has 0 saturated carbocycles. The third-order valence-corrected chi connectivity index (χ3v) is 4.06. The average molecular weight is 350 g/mol. The molecule has 0 bridgehead atoms. The van der Waals surface area contributed by atoms with Gasteiger partial charge in [-0.2, -0.15) is 13.9 Å². The van der Waals surface area contributed by atoms with Crippen LogP contribution < -0.4 is 15.4 Å². The Bertz CT molecular complexity index is 714. The first-order valence-corrected chi connectivity index (χ1v) is 8.19. The van der Waals surface area contributed by atoms with E-state index in [-0.39, 0.29) is 24.2 Å². The van der Waals surface area contributed by atoms with E-state index in [9.17, 15) is 13.6 Å². The number of benzene rings is 1. The number of nitrogens with zero attached hydrogens (tertiary/aromatic N) is 2. The van der Waals surface area contributed by atoms with Crippen LogP contribution in [0.1, 0.15) is 34.9 Å². The summed E-state index contributed by atoms with van der Waals surface area (Å²) in [5, 5.41) is 10.4. The Morgan fingerprint density at radius 1 is 1.44 bits per heavy atom. The van der Waals surface area contributed by atoms with Crippen molar-refractivity contribution < 1.29 is 18.3 Å². The van der Waals surface area contributed by atoms with Crippen LogP contribution in [0.25, 0.3) is 0 Å². The van der Waals surface area contributed by atoms with Crippen molar-refractivity contribution in [2.24, 2.45) is 0 Å². The normalized spacial score (nSPS) is 17.5. The molecule has 1 aromatic carbocycles. The number of hydrogen-bond acceptors (Lipinski definition) is 4. The molecule has 1 fully saturated rings. The van der Waals surface area contributed by atoms with Gasteiger partial charge in [-0.05, 0) is 43.1 Å². The van der Waals surface area contributed by atoms with Gasteiger partial charge < -0.3 is 15.4 Å². The number of piperidine rings is 1. The molecule has 2 heterocycles. The lowest BCUT2D eigenvalue weighted by atomic mass is 10.1. The van der Waals surface area contributed by atoms with Crippen molar-refractivity contribution in [2.45, 2.75) is 32.0 Å². The van der Waals surface area contributed by atoms with Crippen LogP contribution in [-0.4, -0.2) is 35.4 Å². The highest BCUT2D eigenvalue weighted by atomic mass is 19.3. The van der Waals surface area contributed by atoms with Gasteiger partial charge in [0.05, 0.1) is 6.04 Å². The van der Waals surface area contributed by atoms with Gasteiger partial charge in [0.1, 0.15) is 11.4 Å². The number of alkyl halides is 2. The summed E-state index contributed by atoms with van der Waals surface area (Å²) in [5.41, 5.74) is 1.01. The van der Waals surface area contributed by atoms with Crippen molar-refractivity contribution in [1.29, 1.82) is 0 Å². The minimum Gasteiger partial charge on any atom is -0.435 e. The molecule has 6 nitrogen and oxygen atoms in total. The van der Waals surface area contributed by atoms with Crippen LogP contribution >= 0.6 is 0 Å². The number of aromatic nitrogens is 2. The zero-order chi connectivity index (χ0) is 17.6. The summed E-state index contributed by atoms with van der Waals surface area (Å²) >= 11 is 0. The van der Waals surface area contributed by atoms with Crippen molar-refractivity contribution in [3.8, 4) is 5.75 Å². The third-order valence-electron chi connectivity index (χ3n) is 4.06. The Morgan fingerprint density at radius 3 is 3.08 bits per heavy atom. The van der Waals surface area contributed by atoms with Crippen molar-refractivity contribution in [3.05, 3.63) is 47.8 Å². The van der Waals surface area contributed by atoms with Crippen LogP contribution in [0, 0.1) is 0 Å². The predicted octanol–water partition coefficient (Wildman–Crippen LogP) is 2.34. The highest BCUT2D eigenvalue weighted by Gasteiger charge is 2.17. The fourth-order valence-corrected chi connectivity index (χ4v) is 2.83. The van der Waals surface area contributed by atoms with E-state index >= 15 is 0 Å². The molecule has 1 aromatic heterocycles. The molecule has 1 unspecified atom stereocenters. The maximum atomic E-state index is 12.2. The fraction of sp³-hybridized carbons (Fsp3) is 0.412. The molecule has 0 spiro atoms. The molecule has 25 heavy (non-hydrogen) atoms. The molecule has 134 valence electrons. The number of rotatable bonds is 6. The standard InChI is InChI=1S/C17H20F2N4O2/c18-17(19)25-14-5-1-3-12(9-14)10-21-16(24)15-6-8-23(22-15)13-4-2-7-20-11-13/h1,3,5-6,8-9,13,17,20H,2,4,7,10-11H2,(H,21,24). The zero-order valence-corrected chi connectivity index (χ0v) is 13.6. The van der Waals surface area contributed by atoms with Gasteiger partial charge in [0, 0.05) is 19.3 Å². The second-order valence-corrected chi connectivity index (χ2v) is 5.89. The van der Waals surface area contributed by atoms with Gasteiger partial charge in [-0.25, -0.2) is 0 Å². The van der Waals surface area contributed by atoms with Gasteiger partial charge in [-0.3, -0.25) is 9.48 Å². The molecular weight excluding hydrogens is 330 g/mol. The van der Waals surface area contributed by atoms with Gasteiger partial charge >= 0.3 is 6.61 Å². The number of amides is 1. The summed E-state index contributed by atoms with van der Waals surface area (Å²) < 4.78 is 30.6. The minimum atomic E-state index is -2.87. The zero-order valence-electron chi connectivity index (χ0n) is 13.6. The van der Waals surface area contributed by atoms with E-state index in [1.165, 1.54) is 12.1 Å². The number of ether oxygens (including phenoxy) is 1. The molecule has 2 N–H and O–H groups in total. The van der Waals surface area contributed by atoms with Gasteiger partial charge in [0.15, 0.2) is 0 Å². The number of nitrogens with one attached hydrogen (secondary N) is 2. The second kappa shape index (κ2) is 8.06. The molecule has 1 aliphatic rings. The molecule has 1 atom stereocenters. The van der Waals surface area contributed by atoms with E-state index < -0.39 is 6.61 Å². The van der Waals surface area contributed by atoms with Crippen LogP contribution in [0.15, 0.2) is 36.5 Å². The summed E-state index contributed by atoms with van der Waals surface area (Å²) in [7, 11) is 0. The highest BCUT2D eigenvalue weighted by molar-refractivity contribution is 5.92. The Labute approximate surface area is 144 Å². The van der Waals surface area contributed by atoms with E-state index in [1.807, 2.05) is 10.9 Å². The van der Waals surface area contributed by atoms with Crippen molar-refractivity contribution >= 4 is 5.91 Å². The van der Waals surface area contributed by atoms with Crippen LogP contribution in [0.5, 0.6) is 5.75 Å². The Kier molecular flexibility index (Phi) is 5.60. The lowest BCUT2D eigenvalue weighted by Gasteiger charge is -2.22. The topological polar surface area (TPSA) is 68.2 Å². The summed E-state index contributed by atoms with van der Waals surface area (Å²) in [6.07, 6.45) is 3.93. The molecule has 1 saturated heterocycles. The average Bonchev–Trinajstić information content (AvgIpc) is 3.10. The van der Waals surface area contributed by atoms with E-state index in [1.54, 1.807) is 18.2 Å².